The third-order valence-corrected chi connectivity index (χ3v) is 2.60. The lowest BCUT2D eigenvalue weighted by Gasteiger charge is -2.07. The molecular weight excluding hydrogens is 256 g/mol. The van der Waals surface area contributed by atoms with Gasteiger partial charge in [0.2, 0.25) is 0 Å². The summed E-state index contributed by atoms with van der Waals surface area (Å²) in [5.41, 5.74) is 11.6. The number of hydrogen-bond acceptors (Lipinski definition) is 3. The van der Waals surface area contributed by atoms with Crippen LogP contribution in [0.3, 0.4) is 0 Å². The lowest BCUT2D eigenvalue weighted by Crippen LogP contribution is -2.26. The zero-order valence-corrected chi connectivity index (χ0v) is 11.3. The van der Waals surface area contributed by atoms with Crippen molar-refractivity contribution in [2.24, 2.45) is 10.8 Å². The molecule has 0 radical (unpaired) electrons. The Morgan fingerprint density at radius 1 is 1.21 bits per heavy atom. The zero-order valence-electron chi connectivity index (χ0n) is 10.5. The average Bonchev–Trinajstić information content (AvgIpc) is 2.42. The van der Waals surface area contributed by atoms with E-state index in [4.69, 9.17) is 18.0 Å². The molecule has 3 N–H and O–H groups in total. The van der Waals surface area contributed by atoms with Crippen LogP contribution in [0.25, 0.3) is 0 Å². The summed E-state index contributed by atoms with van der Waals surface area (Å²) >= 11 is 4.77. The van der Waals surface area contributed by atoms with Gasteiger partial charge in [0.1, 0.15) is 5.71 Å². The molecule has 0 bridgehead atoms. The minimum Gasteiger partial charge on any atom is -0.375 e. The van der Waals surface area contributed by atoms with Crippen molar-refractivity contribution in [1.82, 2.24) is 10.4 Å². The normalized spacial score (nSPS) is 11.1. The summed E-state index contributed by atoms with van der Waals surface area (Å²) in [7, 11) is 0. The Hall–Kier alpha value is -2.27. The second kappa shape index (κ2) is 6.06. The van der Waals surface area contributed by atoms with E-state index in [1.807, 2.05) is 49.4 Å². The maximum atomic E-state index is 5.41. The lowest BCUT2D eigenvalue weighted by molar-refractivity contribution is 1.03. The van der Waals surface area contributed by atoms with Crippen LogP contribution >= 0.6 is 12.2 Å². The number of thiocarbonyl (C=S) groups is 1. The Morgan fingerprint density at radius 3 is 2.53 bits per heavy atom. The van der Waals surface area contributed by atoms with Crippen LogP contribution in [-0.2, 0) is 0 Å². The average molecular weight is 270 g/mol. The van der Waals surface area contributed by atoms with Gasteiger partial charge in [0, 0.05) is 11.8 Å². The highest BCUT2D eigenvalue weighted by Gasteiger charge is 2.08. The van der Waals surface area contributed by atoms with E-state index >= 15 is 0 Å². The van der Waals surface area contributed by atoms with Gasteiger partial charge in [-0.1, -0.05) is 35.9 Å². The van der Waals surface area contributed by atoms with Gasteiger partial charge in [-0.2, -0.15) is 5.10 Å². The van der Waals surface area contributed by atoms with Crippen LogP contribution in [0.2, 0.25) is 0 Å². The van der Waals surface area contributed by atoms with Gasteiger partial charge in [0.15, 0.2) is 5.11 Å². The fraction of sp³-hybridized carbons (Fsp3) is 0.0714. The number of aromatic nitrogens is 1. The first-order valence-corrected chi connectivity index (χ1v) is 6.19. The summed E-state index contributed by atoms with van der Waals surface area (Å²) in [6, 6.07) is 13.7. The molecule has 0 atom stereocenters. The lowest BCUT2D eigenvalue weighted by atomic mass is 10.1. The van der Waals surface area contributed by atoms with Crippen molar-refractivity contribution in [3.8, 4) is 0 Å². The molecule has 2 aromatic rings. The van der Waals surface area contributed by atoms with E-state index in [1.165, 1.54) is 5.56 Å². The molecule has 5 heteroatoms. The number of benzene rings is 1. The topological polar surface area (TPSA) is 63.3 Å². The first-order valence-electron chi connectivity index (χ1n) is 5.78. The monoisotopic (exact) mass is 270 g/mol. The van der Waals surface area contributed by atoms with Crippen molar-refractivity contribution in [3.05, 3.63) is 65.5 Å². The maximum Gasteiger partial charge on any atom is 0.184 e. The molecule has 1 aromatic heterocycles. The molecule has 96 valence electrons. The zero-order chi connectivity index (χ0) is 13.7. The van der Waals surface area contributed by atoms with Gasteiger partial charge in [-0.05, 0) is 31.3 Å². The van der Waals surface area contributed by atoms with Gasteiger partial charge < -0.3 is 5.73 Å². The molecule has 1 aromatic carbocycles. The number of nitrogens with one attached hydrogen (secondary N) is 1. The van der Waals surface area contributed by atoms with Crippen molar-refractivity contribution >= 4 is 23.0 Å². The molecule has 0 unspecified atom stereocenters. The summed E-state index contributed by atoms with van der Waals surface area (Å²) in [4.78, 5) is 4.30. The van der Waals surface area contributed by atoms with E-state index in [0.717, 1.165) is 11.3 Å². The molecule has 0 saturated carbocycles. The van der Waals surface area contributed by atoms with Gasteiger partial charge in [0.05, 0.1) is 5.69 Å². The van der Waals surface area contributed by atoms with Crippen LogP contribution in [0.15, 0.2) is 53.8 Å². The Kier molecular flexibility index (Phi) is 4.20. The van der Waals surface area contributed by atoms with E-state index in [-0.39, 0.29) is 5.11 Å². The number of nitrogens with two attached hydrogens (primary N) is 1. The number of nitrogens with zero attached hydrogens (tertiary/aromatic N) is 2. The van der Waals surface area contributed by atoms with Crippen molar-refractivity contribution in [2.45, 2.75) is 6.92 Å². The minimum atomic E-state index is 0.126. The van der Waals surface area contributed by atoms with Gasteiger partial charge in [0.25, 0.3) is 0 Å². The molecule has 0 aliphatic rings. The van der Waals surface area contributed by atoms with Crippen molar-refractivity contribution in [2.75, 3.05) is 0 Å². The van der Waals surface area contributed by atoms with Crippen molar-refractivity contribution < 1.29 is 0 Å². The predicted molar refractivity (Wildman–Crippen MR) is 81.0 cm³/mol. The van der Waals surface area contributed by atoms with Gasteiger partial charge >= 0.3 is 0 Å². The van der Waals surface area contributed by atoms with E-state index in [0.29, 0.717) is 5.71 Å². The molecule has 19 heavy (non-hydrogen) atoms. The molecule has 4 nitrogen and oxygen atoms in total. The standard InChI is InChI=1S/C14H14N4S/c1-10-5-7-11(8-6-10)13(17-18-14(15)19)12-4-2-3-9-16-12/h2-9H,1H3,(H3,15,18,19)/b17-13+. The largest absolute Gasteiger partial charge is 0.375 e. The van der Waals surface area contributed by atoms with E-state index in [1.54, 1.807) is 6.20 Å². The SMILES string of the molecule is Cc1ccc(/C(=N\NC(N)=S)c2ccccn2)cc1. The van der Waals surface area contributed by atoms with Gasteiger partial charge in [-0.15, -0.1) is 0 Å². The van der Waals surface area contributed by atoms with Crippen LogP contribution in [0.5, 0.6) is 0 Å². The van der Waals surface area contributed by atoms with Crippen molar-refractivity contribution in [1.29, 1.82) is 0 Å². The summed E-state index contributed by atoms with van der Waals surface area (Å²) in [6.45, 7) is 2.04. The second-order valence-corrected chi connectivity index (χ2v) is 4.46. The van der Waals surface area contributed by atoms with Crippen LogP contribution in [0, 0.1) is 6.92 Å². The summed E-state index contributed by atoms with van der Waals surface area (Å²) < 4.78 is 0. The van der Waals surface area contributed by atoms with Crippen LogP contribution in [-0.4, -0.2) is 15.8 Å². The summed E-state index contributed by atoms with van der Waals surface area (Å²) in [5, 5.41) is 4.36. The van der Waals surface area contributed by atoms with E-state index < -0.39 is 0 Å². The highest BCUT2D eigenvalue weighted by molar-refractivity contribution is 7.80. The Bertz CT molecular complexity index is 591. The van der Waals surface area contributed by atoms with Crippen LogP contribution in [0.4, 0.5) is 0 Å². The molecule has 0 saturated heterocycles. The highest BCUT2D eigenvalue weighted by atomic mass is 32.1. The van der Waals surface area contributed by atoms with Gasteiger partial charge in [-0.25, -0.2) is 0 Å². The highest BCUT2D eigenvalue weighted by Crippen LogP contribution is 2.10. The third-order valence-electron chi connectivity index (χ3n) is 2.51. The Morgan fingerprint density at radius 2 is 1.95 bits per heavy atom. The van der Waals surface area contributed by atoms with Crippen molar-refractivity contribution in [3.63, 3.8) is 0 Å². The first kappa shape index (κ1) is 13.2. The molecular formula is C14H14N4S. The minimum absolute atomic E-state index is 0.126. The molecule has 0 amide bonds. The van der Waals surface area contributed by atoms with Crippen LogP contribution in [0.1, 0.15) is 16.8 Å². The third kappa shape index (κ3) is 3.59. The predicted octanol–water partition coefficient (Wildman–Crippen LogP) is 1.98. The maximum absolute atomic E-state index is 5.41. The number of hydrogen-bond donors (Lipinski definition) is 2. The summed E-state index contributed by atoms with van der Waals surface area (Å²) in [6.07, 6.45) is 1.72. The Balaban J connectivity index is 2.43. The summed E-state index contributed by atoms with van der Waals surface area (Å²) in [5.74, 6) is 0. The fourth-order valence-corrected chi connectivity index (χ4v) is 1.64. The molecule has 2 rings (SSSR count). The molecule has 0 aliphatic carbocycles. The first-order chi connectivity index (χ1) is 9.16. The van der Waals surface area contributed by atoms with E-state index in [9.17, 15) is 0 Å². The number of rotatable bonds is 3. The second-order valence-electron chi connectivity index (χ2n) is 4.02. The van der Waals surface area contributed by atoms with Gasteiger partial charge in [-0.3, -0.25) is 10.4 Å². The number of hydrazone groups is 1. The fourth-order valence-electron chi connectivity index (χ4n) is 1.59. The smallest absolute Gasteiger partial charge is 0.184 e. The number of aryl methyl sites for hydroxylation is 1. The molecule has 0 aliphatic heterocycles. The molecule has 0 fully saturated rings. The molecule has 1 heterocycles. The van der Waals surface area contributed by atoms with E-state index in [2.05, 4.69) is 15.5 Å². The van der Waals surface area contributed by atoms with Crippen LogP contribution < -0.4 is 11.2 Å². The molecule has 0 spiro atoms. The Labute approximate surface area is 117 Å². The quantitative estimate of drug-likeness (QED) is 0.508. The number of pyridine rings is 1.